The third-order valence-corrected chi connectivity index (χ3v) is 4.68. The molecular weight excluding hydrogens is 356 g/mol. The van der Waals surface area contributed by atoms with E-state index in [9.17, 15) is 4.79 Å². The van der Waals surface area contributed by atoms with E-state index in [0.29, 0.717) is 12.1 Å². The van der Waals surface area contributed by atoms with Gasteiger partial charge in [0, 0.05) is 18.7 Å². The zero-order valence-corrected chi connectivity index (χ0v) is 16.1. The van der Waals surface area contributed by atoms with Crippen molar-refractivity contribution in [1.29, 1.82) is 0 Å². The molecule has 8 nitrogen and oxygen atoms in total. The fourth-order valence-corrected chi connectivity index (χ4v) is 3.18. The van der Waals surface area contributed by atoms with Gasteiger partial charge in [0.15, 0.2) is 5.75 Å². The quantitative estimate of drug-likeness (QED) is 0.682. The van der Waals surface area contributed by atoms with Gasteiger partial charge in [-0.1, -0.05) is 18.2 Å². The van der Waals surface area contributed by atoms with Crippen LogP contribution in [0.25, 0.3) is 5.69 Å². The summed E-state index contributed by atoms with van der Waals surface area (Å²) >= 11 is 0. The van der Waals surface area contributed by atoms with Crippen LogP contribution in [0.15, 0.2) is 58.8 Å². The zero-order chi connectivity index (χ0) is 19.7. The highest BCUT2D eigenvalue weighted by molar-refractivity contribution is 5.67. The average Bonchev–Trinajstić information content (AvgIpc) is 3.39. The van der Waals surface area contributed by atoms with Crippen molar-refractivity contribution in [1.82, 2.24) is 19.6 Å². The van der Waals surface area contributed by atoms with Gasteiger partial charge in [-0.05, 0) is 26.0 Å². The zero-order valence-electron chi connectivity index (χ0n) is 16.1. The first kappa shape index (κ1) is 18.0. The molecule has 1 aliphatic rings. The molecular formula is C20H22N6O2. The van der Waals surface area contributed by atoms with Gasteiger partial charge >= 0.3 is 0 Å². The summed E-state index contributed by atoms with van der Waals surface area (Å²) in [5.41, 5.74) is 1.83. The maximum Gasteiger partial charge on any atom is 0.247 e. The summed E-state index contributed by atoms with van der Waals surface area (Å²) in [4.78, 5) is 13.0. The van der Waals surface area contributed by atoms with Gasteiger partial charge in [0.25, 0.3) is 0 Å². The Morgan fingerprint density at radius 2 is 1.93 bits per heavy atom. The Balaban J connectivity index is 1.79. The molecule has 0 saturated heterocycles. The monoisotopic (exact) mass is 378 g/mol. The van der Waals surface area contributed by atoms with Gasteiger partial charge in [-0.3, -0.25) is 14.5 Å². The molecule has 1 atom stereocenters. The van der Waals surface area contributed by atoms with Crippen LogP contribution in [0.1, 0.15) is 38.0 Å². The van der Waals surface area contributed by atoms with E-state index in [1.807, 2.05) is 46.2 Å². The Kier molecular flexibility index (Phi) is 4.68. The minimum absolute atomic E-state index is 0.228. The summed E-state index contributed by atoms with van der Waals surface area (Å²) in [7, 11) is 1.49. The van der Waals surface area contributed by atoms with E-state index < -0.39 is 0 Å². The lowest BCUT2D eigenvalue weighted by atomic mass is 10.1. The fourth-order valence-electron chi connectivity index (χ4n) is 3.18. The summed E-state index contributed by atoms with van der Waals surface area (Å²) in [6, 6.07) is 9.68. The van der Waals surface area contributed by atoms with Crippen molar-refractivity contribution in [2.75, 3.05) is 12.1 Å². The van der Waals surface area contributed by atoms with Crippen LogP contribution in [0.2, 0.25) is 0 Å². The van der Waals surface area contributed by atoms with Gasteiger partial charge in [0.2, 0.25) is 5.43 Å². The van der Waals surface area contributed by atoms with Crippen LogP contribution in [-0.2, 0) is 0 Å². The summed E-state index contributed by atoms with van der Waals surface area (Å²) in [5, 5.41) is 15.3. The number of rotatable bonds is 5. The number of anilines is 1. The molecule has 3 aromatic rings. The van der Waals surface area contributed by atoms with Crippen LogP contribution >= 0.6 is 0 Å². The topological polar surface area (TPSA) is 77.5 Å². The van der Waals surface area contributed by atoms with Crippen molar-refractivity contribution in [2.45, 2.75) is 32.4 Å². The van der Waals surface area contributed by atoms with Crippen LogP contribution in [0.4, 0.5) is 5.69 Å². The third-order valence-electron chi connectivity index (χ3n) is 4.68. The van der Waals surface area contributed by atoms with E-state index in [-0.39, 0.29) is 23.3 Å². The van der Waals surface area contributed by atoms with Gasteiger partial charge in [-0.15, -0.1) is 0 Å². The SMILES string of the molecule is COc1cn(-c2cnn(C(C)C)c2)nc(C2CC=NN2c2ccccc2)c1=O. The first-order valence-corrected chi connectivity index (χ1v) is 9.17. The Labute approximate surface area is 162 Å². The summed E-state index contributed by atoms with van der Waals surface area (Å²) in [5.74, 6) is 0.238. The van der Waals surface area contributed by atoms with Gasteiger partial charge in [0.1, 0.15) is 17.4 Å². The summed E-state index contributed by atoms with van der Waals surface area (Å²) in [6.45, 7) is 4.10. The largest absolute Gasteiger partial charge is 0.491 e. The molecule has 1 aliphatic heterocycles. The van der Waals surface area contributed by atoms with Gasteiger partial charge < -0.3 is 4.74 Å². The van der Waals surface area contributed by atoms with Crippen molar-refractivity contribution in [3.8, 4) is 11.4 Å². The molecule has 4 rings (SSSR count). The number of hydrogen-bond donors (Lipinski definition) is 0. The normalized spacial score (nSPS) is 16.1. The second kappa shape index (κ2) is 7.30. The molecule has 28 heavy (non-hydrogen) atoms. The average molecular weight is 378 g/mol. The highest BCUT2D eigenvalue weighted by Crippen LogP contribution is 2.31. The van der Waals surface area contributed by atoms with Crippen LogP contribution in [0, 0.1) is 0 Å². The van der Waals surface area contributed by atoms with Crippen LogP contribution in [0.3, 0.4) is 0 Å². The van der Waals surface area contributed by atoms with Crippen molar-refractivity contribution < 1.29 is 4.74 Å². The molecule has 1 unspecified atom stereocenters. The van der Waals surface area contributed by atoms with Crippen LogP contribution in [-0.4, -0.2) is 32.9 Å². The Morgan fingerprint density at radius 1 is 1.14 bits per heavy atom. The first-order chi connectivity index (χ1) is 13.6. The minimum Gasteiger partial charge on any atom is -0.491 e. The van der Waals surface area contributed by atoms with Crippen molar-refractivity contribution in [2.24, 2.45) is 5.10 Å². The Morgan fingerprint density at radius 3 is 2.61 bits per heavy atom. The standard InChI is InChI=1S/C20H22N6O2/c1-14(2)24-12-16(11-22-24)25-13-18(28-3)20(27)19(23-25)17-9-10-21-26(17)15-7-5-4-6-8-15/h4-8,10-14,17H,9H2,1-3H3. The number of hydrazone groups is 1. The van der Waals surface area contributed by atoms with E-state index in [0.717, 1.165) is 11.4 Å². The molecule has 0 bridgehead atoms. The number of hydrogen-bond acceptors (Lipinski definition) is 6. The predicted octanol–water partition coefficient (Wildman–Crippen LogP) is 2.96. The Bertz CT molecular complexity index is 1050. The molecule has 0 radical (unpaired) electrons. The molecule has 2 aromatic heterocycles. The lowest BCUT2D eigenvalue weighted by molar-refractivity contribution is 0.402. The maximum absolute atomic E-state index is 13.0. The number of para-hydroxylation sites is 1. The molecule has 0 aliphatic carbocycles. The van der Waals surface area contributed by atoms with E-state index in [4.69, 9.17) is 4.74 Å². The Hall–Kier alpha value is -3.42. The number of methoxy groups -OCH3 is 1. The molecule has 0 spiro atoms. The smallest absolute Gasteiger partial charge is 0.247 e. The fraction of sp³-hybridized carbons (Fsp3) is 0.300. The lowest BCUT2D eigenvalue weighted by Gasteiger charge is -2.23. The molecule has 144 valence electrons. The third kappa shape index (κ3) is 3.17. The number of benzene rings is 1. The predicted molar refractivity (Wildman–Crippen MR) is 107 cm³/mol. The van der Waals surface area contributed by atoms with Gasteiger partial charge in [-0.2, -0.15) is 15.3 Å². The lowest BCUT2D eigenvalue weighted by Crippen LogP contribution is -2.28. The van der Waals surface area contributed by atoms with E-state index in [1.54, 1.807) is 23.3 Å². The molecule has 0 amide bonds. The van der Waals surface area contributed by atoms with Crippen molar-refractivity contribution >= 4 is 11.9 Å². The van der Waals surface area contributed by atoms with Crippen LogP contribution in [0.5, 0.6) is 5.75 Å². The molecule has 0 N–H and O–H groups in total. The van der Waals surface area contributed by atoms with E-state index in [1.165, 1.54) is 7.11 Å². The van der Waals surface area contributed by atoms with Gasteiger partial charge in [-0.25, -0.2) is 4.68 Å². The molecule has 3 heterocycles. The summed E-state index contributed by atoms with van der Waals surface area (Å²) in [6.07, 6.45) is 7.61. The van der Waals surface area contributed by atoms with Crippen molar-refractivity contribution in [3.05, 3.63) is 64.8 Å². The molecule has 1 aromatic carbocycles. The highest BCUT2D eigenvalue weighted by atomic mass is 16.5. The second-order valence-electron chi connectivity index (χ2n) is 6.86. The number of aromatic nitrogens is 4. The molecule has 0 fully saturated rings. The van der Waals surface area contributed by atoms with E-state index in [2.05, 4.69) is 29.1 Å². The first-order valence-electron chi connectivity index (χ1n) is 9.17. The maximum atomic E-state index is 13.0. The summed E-state index contributed by atoms with van der Waals surface area (Å²) < 4.78 is 8.83. The number of ether oxygens (including phenoxy) is 1. The van der Waals surface area contributed by atoms with Gasteiger partial charge in [0.05, 0.1) is 31.4 Å². The molecule has 0 saturated carbocycles. The number of nitrogens with zero attached hydrogens (tertiary/aromatic N) is 6. The minimum atomic E-state index is -0.295. The van der Waals surface area contributed by atoms with Crippen LogP contribution < -0.4 is 15.2 Å². The van der Waals surface area contributed by atoms with Crippen molar-refractivity contribution in [3.63, 3.8) is 0 Å². The highest BCUT2D eigenvalue weighted by Gasteiger charge is 2.29. The molecule has 8 heteroatoms. The second-order valence-corrected chi connectivity index (χ2v) is 6.86. The van der Waals surface area contributed by atoms with E-state index >= 15 is 0 Å².